The number of nitro groups is 1. The van der Waals surface area contributed by atoms with Crippen LogP contribution in [-0.2, 0) is 4.74 Å². The van der Waals surface area contributed by atoms with Crippen LogP contribution < -0.4 is 9.47 Å². The van der Waals surface area contributed by atoms with Crippen LogP contribution in [0.15, 0.2) is 6.07 Å². The lowest BCUT2D eigenvalue weighted by atomic mass is 10.2. The molecule has 8 nitrogen and oxygen atoms in total. The van der Waals surface area contributed by atoms with Crippen LogP contribution in [0.1, 0.15) is 17.4 Å². The Labute approximate surface area is 115 Å². The molecule has 21 heavy (non-hydrogen) atoms. The molecule has 0 aliphatic heterocycles. The van der Waals surface area contributed by atoms with Gasteiger partial charge in [0.15, 0.2) is 0 Å². The molecule has 1 aromatic rings. The maximum atomic E-state index is 12.3. The first-order valence-electron chi connectivity index (χ1n) is 5.35. The Kier molecular flexibility index (Phi) is 4.89. The number of nitrogens with zero attached hydrogens (tertiary/aromatic N) is 2. The van der Waals surface area contributed by atoms with Gasteiger partial charge in [0.2, 0.25) is 17.3 Å². The molecular weight excluding hydrogens is 301 g/mol. The molecule has 0 unspecified atom stereocenters. The second-order valence-corrected chi connectivity index (χ2v) is 3.39. The fourth-order valence-corrected chi connectivity index (χ4v) is 1.29. The molecule has 0 saturated heterocycles. The Bertz CT molecular complexity index is 560. The highest BCUT2D eigenvalue weighted by molar-refractivity contribution is 5.92. The fraction of sp³-hybridized carbons (Fsp3) is 0.400. The molecule has 0 bridgehead atoms. The summed E-state index contributed by atoms with van der Waals surface area (Å²) in [7, 11) is 1.07. The number of rotatable bonds is 5. The predicted molar refractivity (Wildman–Crippen MR) is 60.1 cm³/mol. The molecular formula is C10H9F3N2O6. The number of hydrogen-bond donors (Lipinski definition) is 0. The van der Waals surface area contributed by atoms with E-state index in [1.165, 1.54) is 6.92 Å². The summed E-state index contributed by atoms with van der Waals surface area (Å²) in [4.78, 5) is 24.7. The van der Waals surface area contributed by atoms with Crippen molar-refractivity contribution in [3.05, 3.63) is 21.9 Å². The molecule has 0 aromatic carbocycles. The minimum absolute atomic E-state index is 0.170. The number of esters is 1. The number of pyridine rings is 1. The zero-order valence-electron chi connectivity index (χ0n) is 10.8. The second-order valence-electron chi connectivity index (χ2n) is 3.39. The number of aromatic nitrogens is 1. The smallest absolute Gasteiger partial charge is 0.481 e. The quantitative estimate of drug-likeness (QED) is 0.466. The number of halogens is 3. The molecule has 0 aliphatic carbocycles. The SMILES string of the molecule is CCOC(=O)c1nc(OC)cc([N+](=O)[O-])c1OC(F)(F)F. The van der Waals surface area contributed by atoms with E-state index in [9.17, 15) is 28.1 Å². The van der Waals surface area contributed by atoms with Crippen molar-refractivity contribution in [1.29, 1.82) is 0 Å². The van der Waals surface area contributed by atoms with Crippen LogP contribution in [0, 0.1) is 10.1 Å². The topological polar surface area (TPSA) is 101 Å². The Balaban J connectivity index is 3.52. The lowest BCUT2D eigenvalue weighted by Gasteiger charge is -2.13. The lowest BCUT2D eigenvalue weighted by Crippen LogP contribution is -2.21. The number of carbonyl (C=O) groups excluding carboxylic acids is 1. The van der Waals surface area contributed by atoms with E-state index in [0.29, 0.717) is 6.07 Å². The van der Waals surface area contributed by atoms with Gasteiger partial charge in [-0.15, -0.1) is 13.2 Å². The maximum absolute atomic E-state index is 12.3. The van der Waals surface area contributed by atoms with Crippen LogP contribution in [0.2, 0.25) is 0 Å². The first-order chi connectivity index (χ1) is 9.69. The third-order valence-electron chi connectivity index (χ3n) is 2.02. The highest BCUT2D eigenvalue weighted by Crippen LogP contribution is 2.37. The number of carbonyl (C=O) groups is 1. The summed E-state index contributed by atoms with van der Waals surface area (Å²) >= 11 is 0. The van der Waals surface area contributed by atoms with E-state index in [0.717, 1.165) is 7.11 Å². The van der Waals surface area contributed by atoms with Crippen LogP contribution >= 0.6 is 0 Å². The first-order valence-corrected chi connectivity index (χ1v) is 5.35. The van der Waals surface area contributed by atoms with Gasteiger partial charge < -0.3 is 14.2 Å². The van der Waals surface area contributed by atoms with Crippen molar-refractivity contribution in [3.8, 4) is 11.6 Å². The van der Waals surface area contributed by atoms with Crippen molar-refractivity contribution in [2.75, 3.05) is 13.7 Å². The van der Waals surface area contributed by atoms with E-state index < -0.39 is 40.3 Å². The molecule has 0 aliphatic rings. The van der Waals surface area contributed by atoms with Crippen LogP contribution in [0.5, 0.6) is 11.6 Å². The Morgan fingerprint density at radius 2 is 2.10 bits per heavy atom. The number of methoxy groups -OCH3 is 1. The number of hydrogen-bond acceptors (Lipinski definition) is 7. The van der Waals surface area contributed by atoms with Crippen molar-refractivity contribution >= 4 is 11.7 Å². The van der Waals surface area contributed by atoms with Gasteiger partial charge in [-0.05, 0) is 6.92 Å². The van der Waals surface area contributed by atoms with Crippen LogP contribution in [0.25, 0.3) is 0 Å². The minimum Gasteiger partial charge on any atom is -0.481 e. The molecule has 0 amide bonds. The highest BCUT2D eigenvalue weighted by atomic mass is 19.4. The van der Waals surface area contributed by atoms with E-state index in [1.807, 2.05) is 0 Å². The average Bonchev–Trinajstić information content (AvgIpc) is 2.36. The third-order valence-corrected chi connectivity index (χ3v) is 2.02. The van der Waals surface area contributed by atoms with Crippen molar-refractivity contribution < 1.29 is 37.1 Å². The van der Waals surface area contributed by atoms with Gasteiger partial charge in [0.05, 0.1) is 24.7 Å². The largest absolute Gasteiger partial charge is 0.573 e. The molecule has 1 aromatic heterocycles. The van der Waals surface area contributed by atoms with E-state index in [-0.39, 0.29) is 6.61 Å². The third kappa shape index (κ3) is 4.19. The van der Waals surface area contributed by atoms with Gasteiger partial charge in [-0.1, -0.05) is 0 Å². The Morgan fingerprint density at radius 3 is 2.52 bits per heavy atom. The zero-order valence-corrected chi connectivity index (χ0v) is 10.8. The van der Waals surface area contributed by atoms with Gasteiger partial charge >= 0.3 is 18.0 Å². The summed E-state index contributed by atoms with van der Waals surface area (Å²) in [5, 5.41) is 10.8. The van der Waals surface area contributed by atoms with Crippen LogP contribution in [-0.4, -0.2) is 36.0 Å². The van der Waals surface area contributed by atoms with Crippen LogP contribution in [0.3, 0.4) is 0 Å². The molecule has 0 atom stereocenters. The summed E-state index contributed by atoms with van der Waals surface area (Å²) in [6, 6.07) is 0.601. The average molecular weight is 310 g/mol. The molecule has 0 saturated carbocycles. The zero-order chi connectivity index (χ0) is 16.2. The van der Waals surface area contributed by atoms with Gasteiger partial charge in [0.1, 0.15) is 0 Å². The molecule has 11 heteroatoms. The first kappa shape index (κ1) is 16.5. The maximum Gasteiger partial charge on any atom is 0.573 e. The molecule has 116 valence electrons. The summed E-state index contributed by atoms with van der Waals surface area (Å²) in [6.07, 6.45) is -5.25. The standard InChI is InChI=1S/C10H9F3N2O6/c1-3-20-9(16)7-8(21-10(11,12)13)5(15(17)18)4-6(14-7)19-2/h4H,3H2,1-2H3. The van der Waals surface area contributed by atoms with Crippen molar-refractivity contribution in [2.45, 2.75) is 13.3 Å². The van der Waals surface area contributed by atoms with Gasteiger partial charge in [0.25, 0.3) is 0 Å². The summed E-state index contributed by atoms with van der Waals surface area (Å²) in [6.45, 7) is 1.23. The summed E-state index contributed by atoms with van der Waals surface area (Å²) < 4.78 is 49.6. The van der Waals surface area contributed by atoms with Gasteiger partial charge in [0, 0.05) is 0 Å². The molecule has 1 rings (SSSR count). The minimum atomic E-state index is -5.25. The molecule has 0 N–H and O–H groups in total. The monoisotopic (exact) mass is 310 g/mol. The van der Waals surface area contributed by atoms with Crippen molar-refractivity contribution in [1.82, 2.24) is 4.98 Å². The van der Waals surface area contributed by atoms with Crippen molar-refractivity contribution in [3.63, 3.8) is 0 Å². The van der Waals surface area contributed by atoms with E-state index in [4.69, 9.17) is 0 Å². The van der Waals surface area contributed by atoms with Crippen LogP contribution in [0.4, 0.5) is 18.9 Å². The normalized spacial score (nSPS) is 10.9. The number of alkyl halides is 3. The number of ether oxygens (including phenoxy) is 3. The van der Waals surface area contributed by atoms with Gasteiger partial charge in [-0.3, -0.25) is 10.1 Å². The molecule has 0 fully saturated rings. The summed E-state index contributed by atoms with van der Waals surface area (Å²) in [5.74, 6) is -3.09. The van der Waals surface area contributed by atoms with Gasteiger partial charge in [-0.2, -0.15) is 0 Å². The second kappa shape index (κ2) is 6.24. The van der Waals surface area contributed by atoms with E-state index in [2.05, 4.69) is 19.2 Å². The van der Waals surface area contributed by atoms with Crippen molar-refractivity contribution in [2.24, 2.45) is 0 Å². The fourth-order valence-electron chi connectivity index (χ4n) is 1.29. The predicted octanol–water partition coefficient (Wildman–Crippen LogP) is 2.07. The molecule has 0 spiro atoms. The van der Waals surface area contributed by atoms with E-state index >= 15 is 0 Å². The highest BCUT2D eigenvalue weighted by Gasteiger charge is 2.39. The Morgan fingerprint density at radius 1 is 1.48 bits per heavy atom. The lowest BCUT2D eigenvalue weighted by molar-refractivity contribution is -0.388. The Hall–Kier alpha value is -2.59. The van der Waals surface area contributed by atoms with Gasteiger partial charge in [-0.25, -0.2) is 9.78 Å². The molecule has 1 heterocycles. The molecule has 0 radical (unpaired) electrons. The van der Waals surface area contributed by atoms with E-state index in [1.54, 1.807) is 0 Å². The summed E-state index contributed by atoms with van der Waals surface area (Å²) in [5.41, 5.74) is -2.12.